The number of amides is 1. The third-order valence-electron chi connectivity index (χ3n) is 2.89. The van der Waals surface area contributed by atoms with Crippen LogP contribution in [0.4, 0.5) is 0 Å². The van der Waals surface area contributed by atoms with Crippen molar-refractivity contribution in [3.05, 3.63) is 16.9 Å². The van der Waals surface area contributed by atoms with Crippen LogP contribution in [-0.2, 0) is 4.79 Å². The van der Waals surface area contributed by atoms with E-state index in [-0.39, 0.29) is 29.0 Å². The predicted octanol–water partition coefficient (Wildman–Crippen LogP) is 2.47. The minimum Gasteiger partial charge on any atom is -0.481 e. The monoisotopic (exact) mass is 331 g/mol. The summed E-state index contributed by atoms with van der Waals surface area (Å²) in [6.45, 7) is 2.41. The number of rotatable bonds is 8. The number of aliphatic carboxylic acids is 1. The number of nitrogens with zero attached hydrogens (tertiary/aromatic N) is 2. The number of carbonyl (C=O) groups excluding carboxylic acids is 1. The molecular formula is C13H18ClN3O3S. The molecule has 0 aromatic carbocycles. The van der Waals surface area contributed by atoms with Gasteiger partial charge in [-0.05, 0) is 25.0 Å². The number of hydrogen-bond acceptors (Lipinski definition) is 5. The van der Waals surface area contributed by atoms with Crippen LogP contribution >= 0.6 is 23.4 Å². The zero-order valence-corrected chi connectivity index (χ0v) is 13.5. The molecule has 0 saturated carbocycles. The molecule has 0 bridgehead atoms. The first-order valence-electron chi connectivity index (χ1n) is 6.50. The highest BCUT2D eigenvalue weighted by molar-refractivity contribution is 7.98. The van der Waals surface area contributed by atoms with Gasteiger partial charge in [-0.3, -0.25) is 9.59 Å². The Morgan fingerprint density at radius 1 is 1.48 bits per heavy atom. The van der Waals surface area contributed by atoms with Gasteiger partial charge in [0.1, 0.15) is 0 Å². The van der Waals surface area contributed by atoms with Crippen LogP contribution in [0.2, 0.25) is 5.02 Å². The molecule has 0 aliphatic carbocycles. The Morgan fingerprint density at radius 3 is 2.81 bits per heavy atom. The molecule has 0 radical (unpaired) electrons. The van der Waals surface area contributed by atoms with E-state index in [1.54, 1.807) is 0 Å². The minimum atomic E-state index is -0.803. The standard InChI is InChI=1S/C13H18ClN3O3S/c1-8(3-4-10(18)19)5-6-15-12(20)11-9(14)7-16-13(17-11)21-2/h7-8H,3-6H2,1-2H3,(H,15,20)(H,18,19). The van der Waals surface area contributed by atoms with Gasteiger partial charge >= 0.3 is 5.97 Å². The van der Waals surface area contributed by atoms with Crippen molar-refractivity contribution >= 4 is 35.2 Å². The van der Waals surface area contributed by atoms with Gasteiger partial charge in [-0.1, -0.05) is 30.3 Å². The van der Waals surface area contributed by atoms with Crippen molar-refractivity contribution < 1.29 is 14.7 Å². The van der Waals surface area contributed by atoms with Crippen LogP contribution in [0.25, 0.3) is 0 Å². The Kier molecular flexibility index (Phi) is 7.45. The molecule has 21 heavy (non-hydrogen) atoms. The van der Waals surface area contributed by atoms with Gasteiger partial charge in [-0.25, -0.2) is 9.97 Å². The number of thioether (sulfide) groups is 1. The third kappa shape index (κ3) is 6.31. The zero-order chi connectivity index (χ0) is 15.8. The molecule has 6 nitrogen and oxygen atoms in total. The molecule has 2 N–H and O–H groups in total. The summed E-state index contributed by atoms with van der Waals surface area (Å²) in [7, 11) is 0. The van der Waals surface area contributed by atoms with Crippen LogP contribution in [0.5, 0.6) is 0 Å². The Morgan fingerprint density at radius 2 is 2.19 bits per heavy atom. The molecule has 0 spiro atoms. The summed E-state index contributed by atoms with van der Waals surface area (Å²) < 4.78 is 0. The summed E-state index contributed by atoms with van der Waals surface area (Å²) >= 11 is 7.24. The van der Waals surface area contributed by atoms with E-state index in [0.717, 1.165) is 0 Å². The van der Waals surface area contributed by atoms with Gasteiger partial charge in [0.2, 0.25) is 0 Å². The summed E-state index contributed by atoms with van der Waals surface area (Å²) in [5.41, 5.74) is 0.161. The van der Waals surface area contributed by atoms with E-state index in [1.807, 2.05) is 13.2 Å². The second-order valence-corrected chi connectivity index (χ2v) is 5.82. The van der Waals surface area contributed by atoms with Gasteiger partial charge in [-0.15, -0.1) is 0 Å². The zero-order valence-electron chi connectivity index (χ0n) is 11.9. The van der Waals surface area contributed by atoms with Crippen LogP contribution in [-0.4, -0.2) is 39.8 Å². The number of carboxylic acid groups (broad SMARTS) is 1. The van der Waals surface area contributed by atoms with E-state index in [4.69, 9.17) is 16.7 Å². The lowest BCUT2D eigenvalue weighted by molar-refractivity contribution is -0.137. The molecule has 0 aliphatic heterocycles. The number of carboxylic acids is 1. The molecular weight excluding hydrogens is 314 g/mol. The first-order chi connectivity index (χ1) is 9.93. The smallest absolute Gasteiger partial charge is 0.303 e. The first kappa shape index (κ1) is 17.7. The molecule has 116 valence electrons. The molecule has 0 aliphatic rings. The fourth-order valence-corrected chi connectivity index (χ4v) is 2.16. The Hall–Kier alpha value is -1.34. The van der Waals surface area contributed by atoms with Crippen LogP contribution in [0, 0.1) is 5.92 Å². The van der Waals surface area contributed by atoms with Crippen molar-refractivity contribution in [1.29, 1.82) is 0 Å². The highest BCUT2D eigenvalue weighted by Crippen LogP contribution is 2.16. The average molecular weight is 332 g/mol. The van der Waals surface area contributed by atoms with Crippen molar-refractivity contribution in [2.24, 2.45) is 5.92 Å². The normalized spacial score (nSPS) is 12.0. The van der Waals surface area contributed by atoms with Crippen molar-refractivity contribution in [3.63, 3.8) is 0 Å². The van der Waals surface area contributed by atoms with E-state index in [9.17, 15) is 9.59 Å². The van der Waals surface area contributed by atoms with Crippen LogP contribution in [0.15, 0.2) is 11.4 Å². The highest BCUT2D eigenvalue weighted by Gasteiger charge is 2.14. The molecule has 1 aromatic heterocycles. The Balaban J connectivity index is 2.45. The maximum atomic E-state index is 12.0. The lowest BCUT2D eigenvalue weighted by Crippen LogP contribution is -2.27. The van der Waals surface area contributed by atoms with Gasteiger partial charge in [0.15, 0.2) is 10.9 Å². The van der Waals surface area contributed by atoms with Crippen molar-refractivity contribution in [1.82, 2.24) is 15.3 Å². The molecule has 1 aromatic rings. The summed E-state index contributed by atoms with van der Waals surface area (Å²) in [4.78, 5) is 30.5. The number of carbonyl (C=O) groups is 2. The quantitative estimate of drug-likeness (QED) is 0.561. The Bertz CT molecular complexity index is 513. The fourth-order valence-electron chi connectivity index (χ4n) is 1.64. The number of aromatic nitrogens is 2. The molecule has 0 fully saturated rings. The molecule has 1 rings (SSSR count). The van der Waals surface area contributed by atoms with Gasteiger partial charge in [0.05, 0.1) is 11.2 Å². The molecule has 1 atom stereocenters. The SMILES string of the molecule is CSc1ncc(Cl)c(C(=O)NCCC(C)CCC(=O)O)n1. The van der Waals surface area contributed by atoms with Gasteiger partial charge in [0, 0.05) is 13.0 Å². The Labute approximate surface area is 132 Å². The summed E-state index contributed by atoms with van der Waals surface area (Å²) in [5.74, 6) is -0.921. The van der Waals surface area contributed by atoms with Gasteiger partial charge in [-0.2, -0.15) is 0 Å². The van der Waals surface area contributed by atoms with E-state index in [1.165, 1.54) is 18.0 Å². The summed E-state index contributed by atoms with van der Waals surface area (Å²) in [6, 6.07) is 0. The molecule has 8 heteroatoms. The highest BCUT2D eigenvalue weighted by atomic mass is 35.5. The second kappa shape index (κ2) is 8.84. The van der Waals surface area contributed by atoms with Crippen molar-refractivity contribution in [2.45, 2.75) is 31.3 Å². The molecule has 1 amide bonds. The average Bonchev–Trinajstić information content (AvgIpc) is 2.45. The maximum Gasteiger partial charge on any atom is 0.303 e. The van der Waals surface area contributed by atoms with Crippen molar-refractivity contribution in [3.8, 4) is 0 Å². The summed E-state index contributed by atoms with van der Waals surface area (Å²) in [5, 5.41) is 12.0. The first-order valence-corrected chi connectivity index (χ1v) is 8.10. The number of halogens is 1. The second-order valence-electron chi connectivity index (χ2n) is 4.64. The predicted molar refractivity (Wildman–Crippen MR) is 81.8 cm³/mol. The minimum absolute atomic E-state index is 0.143. The lowest BCUT2D eigenvalue weighted by atomic mass is 10.0. The van der Waals surface area contributed by atoms with Crippen LogP contribution < -0.4 is 5.32 Å². The number of hydrogen-bond donors (Lipinski definition) is 2. The molecule has 0 saturated heterocycles. The molecule has 1 unspecified atom stereocenters. The van der Waals surface area contributed by atoms with E-state index in [0.29, 0.717) is 24.5 Å². The summed E-state index contributed by atoms with van der Waals surface area (Å²) in [6.07, 6.45) is 4.66. The topological polar surface area (TPSA) is 92.2 Å². The van der Waals surface area contributed by atoms with Gasteiger partial charge in [0.25, 0.3) is 5.91 Å². The van der Waals surface area contributed by atoms with Crippen LogP contribution in [0.3, 0.4) is 0 Å². The van der Waals surface area contributed by atoms with Gasteiger partial charge < -0.3 is 10.4 Å². The largest absolute Gasteiger partial charge is 0.481 e. The third-order valence-corrected chi connectivity index (χ3v) is 3.73. The van der Waals surface area contributed by atoms with E-state index in [2.05, 4.69) is 15.3 Å². The lowest BCUT2D eigenvalue weighted by Gasteiger charge is -2.11. The van der Waals surface area contributed by atoms with Crippen molar-refractivity contribution in [2.75, 3.05) is 12.8 Å². The van der Waals surface area contributed by atoms with Crippen LogP contribution in [0.1, 0.15) is 36.7 Å². The maximum absolute atomic E-state index is 12.0. The number of nitrogens with one attached hydrogen (secondary N) is 1. The van der Waals surface area contributed by atoms with E-state index >= 15 is 0 Å². The molecule has 1 heterocycles. The fraction of sp³-hybridized carbons (Fsp3) is 0.538. The van der Waals surface area contributed by atoms with E-state index < -0.39 is 5.97 Å².